The molecule has 0 aliphatic rings. The fourth-order valence-corrected chi connectivity index (χ4v) is 3.22. The van der Waals surface area contributed by atoms with Crippen LogP contribution in [0.5, 0.6) is 0 Å². The second kappa shape index (κ2) is 7.28. The van der Waals surface area contributed by atoms with Gasteiger partial charge in [-0.1, -0.05) is 72.0 Å². The molecule has 6 nitrogen and oxygen atoms in total. The molecule has 0 saturated carbocycles. The summed E-state index contributed by atoms with van der Waals surface area (Å²) in [5.74, 6) is -0.250. The molecule has 0 atom stereocenters. The third-order valence-corrected chi connectivity index (χ3v) is 4.64. The van der Waals surface area contributed by atoms with Gasteiger partial charge in [0.2, 0.25) is 5.13 Å². The van der Waals surface area contributed by atoms with Gasteiger partial charge < -0.3 is 0 Å². The Balaban J connectivity index is 1.43. The van der Waals surface area contributed by atoms with E-state index in [0.717, 1.165) is 16.1 Å². The zero-order chi connectivity index (χ0) is 17.8. The molecule has 0 aliphatic heterocycles. The van der Waals surface area contributed by atoms with Gasteiger partial charge in [0.1, 0.15) is 5.01 Å². The zero-order valence-corrected chi connectivity index (χ0v) is 14.6. The SMILES string of the molecule is O=C(Nc1nnc(-c2ccccc2)s1)c1cnn(Cc2ccccc2)c1. The number of benzene rings is 2. The highest BCUT2D eigenvalue weighted by molar-refractivity contribution is 7.18. The van der Waals surface area contributed by atoms with Gasteiger partial charge in [0, 0.05) is 11.8 Å². The van der Waals surface area contributed by atoms with E-state index in [9.17, 15) is 4.79 Å². The number of rotatable bonds is 5. The fourth-order valence-electron chi connectivity index (χ4n) is 2.48. The van der Waals surface area contributed by atoms with Gasteiger partial charge in [-0.3, -0.25) is 14.8 Å². The maximum Gasteiger partial charge on any atom is 0.260 e. The highest BCUT2D eigenvalue weighted by Gasteiger charge is 2.13. The van der Waals surface area contributed by atoms with Crippen LogP contribution in [0.4, 0.5) is 5.13 Å². The minimum atomic E-state index is -0.250. The summed E-state index contributed by atoms with van der Waals surface area (Å²) in [6.07, 6.45) is 3.28. The standard InChI is InChI=1S/C19H15N5OS/c25-17(16-11-20-24(13-16)12-14-7-3-1-4-8-14)21-19-23-22-18(26-19)15-9-5-2-6-10-15/h1-11,13H,12H2,(H,21,23,25). The van der Waals surface area contributed by atoms with Gasteiger partial charge >= 0.3 is 0 Å². The Morgan fingerprint density at radius 3 is 2.50 bits per heavy atom. The molecule has 0 radical (unpaired) electrons. The Bertz CT molecular complexity index is 1010. The van der Waals surface area contributed by atoms with E-state index in [0.29, 0.717) is 17.2 Å². The number of nitrogens with zero attached hydrogens (tertiary/aromatic N) is 4. The van der Waals surface area contributed by atoms with E-state index in [1.807, 2.05) is 60.7 Å². The Labute approximate surface area is 154 Å². The lowest BCUT2D eigenvalue weighted by atomic mass is 10.2. The molecule has 0 aliphatic carbocycles. The molecule has 26 heavy (non-hydrogen) atoms. The molecule has 0 bridgehead atoms. The van der Waals surface area contributed by atoms with Crippen molar-refractivity contribution in [1.82, 2.24) is 20.0 Å². The van der Waals surface area contributed by atoms with Crippen molar-refractivity contribution in [2.24, 2.45) is 0 Å². The molecule has 2 aromatic heterocycles. The van der Waals surface area contributed by atoms with Crippen LogP contribution in [0.25, 0.3) is 10.6 Å². The highest BCUT2D eigenvalue weighted by atomic mass is 32.1. The predicted octanol–water partition coefficient (Wildman–Crippen LogP) is 3.70. The van der Waals surface area contributed by atoms with Crippen molar-refractivity contribution in [1.29, 1.82) is 0 Å². The van der Waals surface area contributed by atoms with E-state index in [-0.39, 0.29) is 5.91 Å². The van der Waals surface area contributed by atoms with Crippen LogP contribution in [-0.2, 0) is 6.54 Å². The number of carbonyl (C=O) groups excluding carboxylic acids is 1. The van der Waals surface area contributed by atoms with Gasteiger partial charge in [0.05, 0.1) is 18.3 Å². The molecule has 4 aromatic rings. The summed E-state index contributed by atoms with van der Waals surface area (Å²) in [5, 5.41) is 16.4. The van der Waals surface area contributed by atoms with Crippen LogP contribution in [0, 0.1) is 0 Å². The van der Waals surface area contributed by atoms with Gasteiger partial charge in [-0.25, -0.2) is 0 Å². The monoisotopic (exact) mass is 361 g/mol. The van der Waals surface area contributed by atoms with Gasteiger partial charge in [-0.15, -0.1) is 10.2 Å². The third-order valence-electron chi connectivity index (χ3n) is 3.75. The fraction of sp³-hybridized carbons (Fsp3) is 0.0526. The van der Waals surface area contributed by atoms with Crippen molar-refractivity contribution in [2.75, 3.05) is 5.32 Å². The van der Waals surface area contributed by atoms with Gasteiger partial charge in [0.25, 0.3) is 5.91 Å². The lowest BCUT2D eigenvalue weighted by Crippen LogP contribution is -2.11. The third kappa shape index (κ3) is 3.68. The number of hydrogen-bond acceptors (Lipinski definition) is 5. The minimum Gasteiger partial charge on any atom is -0.296 e. The van der Waals surface area contributed by atoms with Crippen molar-refractivity contribution >= 4 is 22.4 Å². The Hall–Kier alpha value is -3.32. The maximum atomic E-state index is 12.4. The van der Waals surface area contributed by atoms with Crippen LogP contribution in [0.15, 0.2) is 73.1 Å². The van der Waals surface area contributed by atoms with Crippen LogP contribution >= 0.6 is 11.3 Å². The average Bonchev–Trinajstić information content (AvgIpc) is 3.33. The van der Waals surface area contributed by atoms with Crippen LogP contribution in [0.3, 0.4) is 0 Å². The Kier molecular flexibility index (Phi) is 4.53. The topological polar surface area (TPSA) is 72.7 Å². The van der Waals surface area contributed by atoms with Gasteiger partial charge in [-0.05, 0) is 5.56 Å². The molecule has 4 rings (SSSR count). The first-order valence-electron chi connectivity index (χ1n) is 8.04. The largest absolute Gasteiger partial charge is 0.296 e. The number of hydrogen-bond donors (Lipinski definition) is 1. The van der Waals surface area contributed by atoms with Crippen molar-refractivity contribution in [3.05, 3.63) is 84.2 Å². The first-order valence-corrected chi connectivity index (χ1v) is 8.86. The average molecular weight is 361 g/mol. The summed E-state index contributed by atoms with van der Waals surface area (Å²) in [6, 6.07) is 19.7. The molecule has 0 unspecified atom stereocenters. The van der Waals surface area contributed by atoms with E-state index in [1.54, 1.807) is 17.1 Å². The predicted molar refractivity (Wildman–Crippen MR) is 101 cm³/mol. The molecule has 0 spiro atoms. The zero-order valence-electron chi connectivity index (χ0n) is 13.7. The molecule has 0 saturated heterocycles. The van der Waals surface area contributed by atoms with E-state index in [4.69, 9.17) is 0 Å². The van der Waals surface area contributed by atoms with Crippen molar-refractivity contribution < 1.29 is 4.79 Å². The second-order valence-corrected chi connectivity index (χ2v) is 6.62. The molecule has 2 heterocycles. The molecular weight excluding hydrogens is 346 g/mol. The first kappa shape index (κ1) is 16.2. The number of amides is 1. The quantitative estimate of drug-likeness (QED) is 0.588. The number of nitrogens with one attached hydrogen (secondary N) is 1. The molecule has 128 valence electrons. The first-order chi connectivity index (χ1) is 12.8. The van der Waals surface area contributed by atoms with Crippen LogP contribution in [0.1, 0.15) is 15.9 Å². The second-order valence-electron chi connectivity index (χ2n) is 5.64. The van der Waals surface area contributed by atoms with E-state index >= 15 is 0 Å². The molecule has 1 amide bonds. The summed E-state index contributed by atoms with van der Waals surface area (Å²) in [6.45, 7) is 0.616. The molecule has 1 N–H and O–H groups in total. The lowest BCUT2D eigenvalue weighted by Gasteiger charge is -2.01. The maximum absolute atomic E-state index is 12.4. The number of aromatic nitrogens is 4. The molecular formula is C19H15N5OS. The molecule has 0 fully saturated rings. The van der Waals surface area contributed by atoms with E-state index in [1.165, 1.54) is 11.3 Å². The van der Waals surface area contributed by atoms with Crippen LogP contribution < -0.4 is 5.32 Å². The summed E-state index contributed by atoms with van der Waals surface area (Å²) >= 11 is 1.34. The smallest absolute Gasteiger partial charge is 0.260 e. The lowest BCUT2D eigenvalue weighted by molar-refractivity contribution is 0.102. The van der Waals surface area contributed by atoms with Crippen LogP contribution in [-0.4, -0.2) is 25.9 Å². The van der Waals surface area contributed by atoms with Crippen molar-refractivity contribution in [3.8, 4) is 10.6 Å². The minimum absolute atomic E-state index is 0.250. The molecule has 2 aromatic carbocycles. The Morgan fingerprint density at radius 2 is 1.73 bits per heavy atom. The van der Waals surface area contributed by atoms with Crippen LogP contribution in [0.2, 0.25) is 0 Å². The normalized spacial score (nSPS) is 10.6. The number of carbonyl (C=O) groups is 1. The highest BCUT2D eigenvalue weighted by Crippen LogP contribution is 2.26. The van der Waals surface area contributed by atoms with Crippen molar-refractivity contribution in [2.45, 2.75) is 6.54 Å². The summed E-state index contributed by atoms with van der Waals surface area (Å²) in [5.41, 5.74) is 2.58. The Morgan fingerprint density at radius 1 is 1.00 bits per heavy atom. The van der Waals surface area contributed by atoms with Gasteiger partial charge in [-0.2, -0.15) is 5.10 Å². The van der Waals surface area contributed by atoms with Gasteiger partial charge in [0.15, 0.2) is 0 Å². The summed E-state index contributed by atoms with van der Waals surface area (Å²) in [4.78, 5) is 12.4. The van der Waals surface area contributed by atoms with E-state index in [2.05, 4.69) is 20.6 Å². The number of anilines is 1. The van der Waals surface area contributed by atoms with Crippen molar-refractivity contribution in [3.63, 3.8) is 0 Å². The molecule has 7 heteroatoms. The van der Waals surface area contributed by atoms with E-state index < -0.39 is 0 Å². The summed E-state index contributed by atoms with van der Waals surface area (Å²) in [7, 11) is 0. The summed E-state index contributed by atoms with van der Waals surface area (Å²) < 4.78 is 1.74.